The van der Waals surface area contributed by atoms with Crippen molar-refractivity contribution in [2.24, 2.45) is 17.8 Å². The van der Waals surface area contributed by atoms with E-state index in [4.69, 9.17) is 14.7 Å². The Morgan fingerprint density at radius 1 is 0.872 bits per heavy atom. The van der Waals surface area contributed by atoms with Gasteiger partial charge >= 0.3 is 11.9 Å². The number of nitrogens with one attached hydrogen (secondary N) is 2. The Bertz CT molecular complexity index is 822. The second kappa shape index (κ2) is 20.1. The van der Waals surface area contributed by atoms with Gasteiger partial charge in [0, 0.05) is 31.1 Å². The van der Waals surface area contributed by atoms with Gasteiger partial charge in [0.25, 0.3) is 0 Å². The number of hydrogen-bond donors (Lipinski definition) is 3. The van der Waals surface area contributed by atoms with Crippen molar-refractivity contribution in [3.05, 3.63) is 0 Å². The van der Waals surface area contributed by atoms with Gasteiger partial charge in [0.2, 0.25) is 5.91 Å². The molecule has 4 atom stereocenters. The van der Waals surface area contributed by atoms with Crippen molar-refractivity contribution in [3.8, 4) is 0 Å². The summed E-state index contributed by atoms with van der Waals surface area (Å²) in [5.41, 5.74) is 2.32. The Morgan fingerprint density at radius 3 is 2.08 bits per heavy atom. The molecule has 0 fully saturated rings. The van der Waals surface area contributed by atoms with E-state index in [0.717, 1.165) is 0 Å². The molecule has 0 rings (SSSR count). The first-order valence-electron chi connectivity index (χ1n) is 12.7. The topological polar surface area (TPSA) is 184 Å². The molecular formula is C25H41FN2O11. The van der Waals surface area contributed by atoms with Crippen LogP contribution >= 0.6 is 0 Å². The number of Topliss-reactive ketones (excluding diaryl/α,β-unsaturated/α-hetero) is 3. The Hall–Kier alpha value is -2.81. The lowest BCUT2D eigenvalue weighted by molar-refractivity contribution is -0.157. The first kappa shape index (κ1) is 36.2. The zero-order valence-electron chi connectivity index (χ0n) is 23.2. The minimum atomic E-state index is -1.37. The second-order valence-corrected chi connectivity index (χ2v) is 9.01. The summed E-state index contributed by atoms with van der Waals surface area (Å²) in [5.74, 6) is -5.67. The number of hydrogen-bond acceptors (Lipinski definition) is 12. The lowest BCUT2D eigenvalue weighted by atomic mass is 9.88. The van der Waals surface area contributed by atoms with Crippen molar-refractivity contribution in [3.63, 3.8) is 0 Å². The molecule has 0 spiro atoms. The molecule has 1 amide bonds. The van der Waals surface area contributed by atoms with Crippen LogP contribution in [0.3, 0.4) is 0 Å². The van der Waals surface area contributed by atoms with Crippen molar-refractivity contribution in [1.29, 1.82) is 0 Å². The molecule has 0 aliphatic rings. The number of carbonyl (C=O) groups excluding carboxylic acids is 6. The maximum Gasteiger partial charge on any atom is 0.337 e. The maximum atomic E-state index is 13.0. The summed E-state index contributed by atoms with van der Waals surface area (Å²) in [6.45, 7) is 4.05. The van der Waals surface area contributed by atoms with Gasteiger partial charge in [0.05, 0.1) is 32.8 Å². The number of esters is 2. The van der Waals surface area contributed by atoms with E-state index in [-0.39, 0.29) is 57.2 Å². The van der Waals surface area contributed by atoms with Crippen molar-refractivity contribution in [1.82, 2.24) is 10.8 Å². The van der Waals surface area contributed by atoms with Crippen LogP contribution in [0.25, 0.3) is 0 Å². The average Bonchev–Trinajstić information content (AvgIpc) is 2.91. The number of hydroxylamine groups is 1. The van der Waals surface area contributed by atoms with Gasteiger partial charge < -0.3 is 24.6 Å². The van der Waals surface area contributed by atoms with Gasteiger partial charge in [-0.25, -0.2) is 9.18 Å². The third-order valence-corrected chi connectivity index (χ3v) is 5.71. The zero-order chi connectivity index (χ0) is 30.0. The fraction of sp³-hybridized carbons (Fsp3) is 0.760. The van der Waals surface area contributed by atoms with Gasteiger partial charge in [-0.1, -0.05) is 20.8 Å². The third-order valence-electron chi connectivity index (χ3n) is 5.71. The van der Waals surface area contributed by atoms with Crippen molar-refractivity contribution < 1.29 is 57.3 Å². The smallest absolute Gasteiger partial charge is 0.337 e. The first-order chi connectivity index (χ1) is 18.4. The molecule has 0 saturated heterocycles. The van der Waals surface area contributed by atoms with E-state index >= 15 is 0 Å². The molecule has 4 unspecified atom stereocenters. The Labute approximate surface area is 227 Å². The summed E-state index contributed by atoms with van der Waals surface area (Å²) in [6.07, 6.45) is -2.06. The number of carbonyl (C=O) groups is 6. The molecule has 0 aromatic carbocycles. The molecule has 0 bridgehead atoms. The quantitative estimate of drug-likeness (QED) is 0.0704. The van der Waals surface area contributed by atoms with Gasteiger partial charge in [-0.15, -0.1) is 0 Å². The van der Waals surface area contributed by atoms with Gasteiger partial charge in [0.15, 0.2) is 24.5 Å². The standard InChI is InChI=1S/C25H41FN2O11/c1-6-19(30)17(12-22(33)36-5)11-20(31)16(4)27-24(35)18(15(2)3)13-21(32)25(38-8-7-29)28-39-10-9-37-23(34)14-26/h15-18,25,28-29H,6-14H2,1-5H3,(H,27,35). The first-order valence-corrected chi connectivity index (χ1v) is 12.7. The molecule has 14 heteroatoms. The molecule has 0 aromatic heterocycles. The maximum absolute atomic E-state index is 13.0. The largest absolute Gasteiger partial charge is 0.469 e. The predicted molar refractivity (Wildman–Crippen MR) is 133 cm³/mol. The summed E-state index contributed by atoms with van der Waals surface area (Å²) in [5, 5.41) is 11.6. The van der Waals surface area contributed by atoms with Gasteiger partial charge in [0.1, 0.15) is 19.0 Å². The van der Waals surface area contributed by atoms with Crippen LogP contribution in [-0.2, 0) is 47.8 Å². The number of aliphatic hydroxyl groups is 1. The summed E-state index contributed by atoms with van der Waals surface area (Å²) < 4.78 is 26.4. The number of halogens is 1. The molecule has 13 nitrogen and oxygen atoms in total. The fourth-order valence-electron chi connectivity index (χ4n) is 3.38. The highest BCUT2D eigenvalue weighted by atomic mass is 19.1. The molecule has 0 aliphatic heterocycles. The highest BCUT2D eigenvalue weighted by Crippen LogP contribution is 2.19. The highest BCUT2D eigenvalue weighted by Gasteiger charge is 2.32. The molecule has 224 valence electrons. The Morgan fingerprint density at radius 2 is 1.54 bits per heavy atom. The minimum Gasteiger partial charge on any atom is -0.469 e. The van der Waals surface area contributed by atoms with Crippen LogP contribution in [0.2, 0.25) is 0 Å². The lowest BCUT2D eigenvalue weighted by Crippen LogP contribution is -2.46. The van der Waals surface area contributed by atoms with E-state index in [1.165, 1.54) is 14.0 Å². The average molecular weight is 565 g/mol. The van der Waals surface area contributed by atoms with E-state index in [0.29, 0.717) is 0 Å². The van der Waals surface area contributed by atoms with E-state index in [1.54, 1.807) is 20.8 Å². The SMILES string of the molecule is CCC(=O)C(CC(=O)OC)CC(=O)C(C)NC(=O)C(CC(=O)C(NOCCOC(=O)CF)OCCO)C(C)C. The monoisotopic (exact) mass is 564 g/mol. The molecule has 0 aromatic rings. The normalized spacial score (nSPS) is 14.2. The van der Waals surface area contributed by atoms with Gasteiger partial charge in [-0.05, 0) is 12.8 Å². The van der Waals surface area contributed by atoms with Gasteiger partial charge in [-0.3, -0.25) is 28.8 Å². The number of aliphatic hydroxyl groups excluding tert-OH is 1. The van der Waals surface area contributed by atoms with Crippen LogP contribution in [0.15, 0.2) is 0 Å². The lowest BCUT2D eigenvalue weighted by Gasteiger charge is -2.25. The number of ether oxygens (including phenoxy) is 3. The van der Waals surface area contributed by atoms with Crippen LogP contribution in [0.1, 0.15) is 53.4 Å². The number of amides is 1. The molecule has 0 radical (unpaired) electrons. The van der Waals surface area contributed by atoms with Crippen LogP contribution in [0.4, 0.5) is 4.39 Å². The third kappa shape index (κ3) is 14.8. The highest BCUT2D eigenvalue weighted by molar-refractivity contribution is 5.95. The van der Waals surface area contributed by atoms with Crippen LogP contribution in [-0.4, -0.2) is 92.8 Å². The summed E-state index contributed by atoms with van der Waals surface area (Å²) in [7, 11) is 1.18. The van der Waals surface area contributed by atoms with Crippen LogP contribution < -0.4 is 10.8 Å². The number of methoxy groups -OCH3 is 1. The Balaban J connectivity index is 5.19. The van der Waals surface area contributed by atoms with Crippen LogP contribution in [0, 0.1) is 17.8 Å². The van der Waals surface area contributed by atoms with Crippen molar-refractivity contribution in [2.45, 2.75) is 65.6 Å². The fourth-order valence-corrected chi connectivity index (χ4v) is 3.38. The van der Waals surface area contributed by atoms with E-state index in [2.05, 4.69) is 20.3 Å². The summed E-state index contributed by atoms with van der Waals surface area (Å²) in [4.78, 5) is 78.3. The Kier molecular flexibility index (Phi) is 18.7. The minimum absolute atomic E-state index is 0.132. The number of alkyl halides is 1. The molecule has 3 N–H and O–H groups in total. The van der Waals surface area contributed by atoms with Gasteiger partial charge in [-0.2, -0.15) is 5.48 Å². The van der Waals surface area contributed by atoms with E-state index in [1.807, 2.05) is 0 Å². The van der Waals surface area contributed by atoms with Crippen LogP contribution in [0.5, 0.6) is 0 Å². The van der Waals surface area contributed by atoms with Crippen molar-refractivity contribution in [2.75, 3.05) is 40.2 Å². The molecule has 0 saturated carbocycles. The van der Waals surface area contributed by atoms with E-state index in [9.17, 15) is 33.2 Å². The number of rotatable bonds is 22. The molecule has 0 aliphatic carbocycles. The number of ketones is 3. The molecule has 39 heavy (non-hydrogen) atoms. The molecular weight excluding hydrogens is 523 g/mol. The van der Waals surface area contributed by atoms with E-state index < -0.39 is 66.8 Å². The summed E-state index contributed by atoms with van der Waals surface area (Å²) in [6, 6.07) is -0.992. The molecule has 0 heterocycles. The van der Waals surface area contributed by atoms with Crippen molar-refractivity contribution >= 4 is 35.2 Å². The summed E-state index contributed by atoms with van der Waals surface area (Å²) >= 11 is 0. The second-order valence-electron chi connectivity index (χ2n) is 9.01. The predicted octanol–water partition coefficient (Wildman–Crippen LogP) is 0.209. The zero-order valence-corrected chi connectivity index (χ0v) is 23.2.